The van der Waals surface area contributed by atoms with Crippen molar-refractivity contribution in [3.63, 3.8) is 0 Å². The highest BCUT2D eigenvalue weighted by molar-refractivity contribution is 7.91. The minimum Gasteiger partial charge on any atom is -0.384 e. The van der Waals surface area contributed by atoms with Gasteiger partial charge < -0.3 is 5.32 Å². The van der Waals surface area contributed by atoms with E-state index in [2.05, 4.69) is 5.32 Å². The fraction of sp³-hybridized carbons (Fsp3) is 0.143. The third-order valence-electron chi connectivity index (χ3n) is 2.65. The van der Waals surface area contributed by atoms with Crippen LogP contribution in [0.1, 0.15) is 0 Å². The fourth-order valence-corrected chi connectivity index (χ4v) is 2.93. The molecule has 0 saturated carbocycles. The zero-order chi connectivity index (χ0) is 13.7. The number of sulfone groups is 1. The van der Waals surface area contributed by atoms with E-state index in [1.165, 1.54) is 12.1 Å². The average molecular weight is 296 g/mol. The first-order valence-corrected chi connectivity index (χ1v) is 7.88. The molecule has 0 atom stereocenters. The van der Waals surface area contributed by atoms with Gasteiger partial charge in [-0.25, -0.2) is 8.42 Å². The predicted molar refractivity (Wildman–Crippen MR) is 78.4 cm³/mol. The Morgan fingerprint density at radius 1 is 0.947 bits per heavy atom. The van der Waals surface area contributed by atoms with Gasteiger partial charge in [-0.05, 0) is 36.4 Å². The van der Waals surface area contributed by atoms with Gasteiger partial charge in [-0.2, -0.15) is 0 Å². The molecule has 5 heteroatoms. The maximum Gasteiger partial charge on any atom is 0.180 e. The standard InChI is InChI=1S/C14H14ClNO2S/c15-12-6-8-14(9-7-12)19(17,18)11-10-16-13-4-2-1-3-5-13/h1-9,16H,10-11H2. The second-order valence-corrected chi connectivity index (χ2v) is 6.61. The van der Waals surface area contributed by atoms with Crippen LogP contribution in [0.25, 0.3) is 0 Å². The maximum atomic E-state index is 12.1. The van der Waals surface area contributed by atoms with E-state index in [0.717, 1.165) is 5.69 Å². The lowest BCUT2D eigenvalue weighted by Crippen LogP contribution is -2.15. The number of para-hydroxylation sites is 1. The van der Waals surface area contributed by atoms with Crippen molar-refractivity contribution in [1.82, 2.24) is 0 Å². The molecule has 0 amide bonds. The fourth-order valence-electron chi connectivity index (χ4n) is 1.65. The van der Waals surface area contributed by atoms with Gasteiger partial charge in [-0.15, -0.1) is 0 Å². The number of halogens is 1. The van der Waals surface area contributed by atoms with Crippen LogP contribution in [-0.4, -0.2) is 20.7 Å². The Labute approximate surface area is 118 Å². The molecule has 0 unspecified atom stereocenters. The Morgan fingerprint density at radius 2 is 1.58 bits per heavy atom. The molecule has 2 rings (SSSR count). The summed E-state index contributed by atoms with van der Waals surface area (Å²) in [6, 6.07) is 15.7. The van der Waals surface area contributed by atoms with E-state index in [-0.39, 0.29) is 5.75 Å². The molecule has 2 aromatic carbocycles. The van der Waals surface area contributed by atoms with E-state index in [1.807, 2.05) is 30.3 Å². The highest BCUT2D eigenvalue weighted by Crippen LogP contribution is 2.15. The molecule has 2 aromatic rings. The summed E-state index contributed by atoms with van der Waals surface area (Å²) in [6.07, 6.45) is 0. The summed E-state index contributed by atoms with van der Waals surface area (Å²) < 4.78 is 24.1. The minimum atomic E-state index is -3.27. The number of hydrogen-bond donors (Lipinski definition) is 1. The lowest BCUT2D eigenvalue weighted by atomic mass is 10.3. The van der Waals surface area contributed by atoms with Gasteiger partial charge in [0.05, 0.1) is 10.6 Å². The lowest BCUT2D eigenvalue weighted by Gasteiger charge is -2.07. The van der Waals surface area contributed by atoms with E-state index >= 15 is 0 Å². The van der Waals surface area contributed by atoms with Crippen molar-refractivity contribution in [1.29, 1.82) is 0 Å². The van der Waals surface area contributed by atoms with E-state index < -0.39 is 9.84 Å². The third kappa shape index (κ3) is 3.98. The first-order chi connectivity index (χ1) is 9.08. The zero-order valence-corrected chi connectivity index (χ0v) is 11.8. The molecular weight excluding hydrogens is 282 g/mol. The van der Waals surface area contributed by atoms with E-state index in [4.69, 9.17) is 11.6 Å². The quantitative estimate of drug-likeness (QED) is 0.921. The molecule has 0 saturated heterocycles. The Morgan fingerprint density at radius 3 is 2.21 bits per heavy atom. The number of anilines is 1. The summed E-state index contributed by atoms with van der Waals surface area (Å²) in [5.41, 5.74) is 0.911. The predicted octanol–water partition coefficient (Wildman–Crippen LogP) is 3.23. The van der Waals surface area contributed by atoms with Crippen LogP contribution in [0, 0.1) is 0 Å². The van der Waals surface area contributed by atoms with Gasteiger partial charge >= 0.3 is 0 Å². The van der Waals surface area contributed by atoms with Gasteiger partial charge in [-0.1, -0.05) is 29.8 Å². The molecule has 3 nitrogen and oxygen atoms in total. The smallest absolute Gasteiger partial charge is 0.180 e. The van der Waals surface area contributed by atoms with Gasteiger partial charge in [-0.3, -0.25) is 0 Å². The van der Waals surface area contributed by atoms with Crippen LogP contribution < -0.4 is 5.32 Å². The van der Waals surface area contributed by atoms with Crippen LogP contribution in [0.3, 0.4) is 0 Å². The average Bonchev–Trinajstić information content (AvgIpc) is 2.40. The molecule has 0 aromatic heterocycles. The summed E-state index contributed by atoms with van der Waals surface area (Å²) >= 11 is 5.74. The minimum absolute atomic E-state index is 0.0452. The van der Waals surface area contributed by atoms with Crippen LogP contribution in [0.2, 0.25) is 5.02 Å². The Bertz CT molecular complexity index is 624. The van der Waals surface area contributed by atoms with Crippen molar-refractivity contribution in [2.24, 2.45) is 0 Å². The van der Waals surface area contributed by atoms with Crippen LogP contribution in [0.5, 0.6) is 0 Å². The molecule has 19 heavy (non-hydrogen) atoms. The molecule has 0 bridgehead atoms. The van der Waals surface area contributed by atoms with Crippen molar-refractivity contribution in [2.75, 3.05) is 17.6 Å². The van der Waals surface area contributed by atoms with Crippen molar-refractivity contribution in [2.45, 2.75) is 4.90 Å². The highest BCUT2D eigenvalue weighted by Gasteiger charge is 2.13. The molecule has 0 aliphatic rings. The summed E-state index contributed by atoms with van der Waals surface area (Å²) in [6.45, 7) is 0.370. The third-order valence-corrected chi connectivity index (χ3v) is 4.63. The summed E-state index contributed by atoms with van der Waals surface area (Å²) in [4.78, 5) is 0.298. The Kier molecular flexibility index (Phi) is 4.45. The van der Waals surface area contributed by atoms with Crippen LogP contribution in [0.4, 0.5) is 5.69 Å². The molecular formula is C14H14ClNO2S. The molecule has 0 aliphatic heterocycles. The lowest BCUT2D eigenvalue weighted by molar-refractivity contribution is 0.596. The summed E-state index contributed by atoms with van der Waals surface area (Å²) in [5, 5.41) is 3.61. The normalized spacial score (nSPS) is 11.2. The van der Waals surface area contributed by atoms with Crippen LogP contribution in [0.15, 0.2) is 59.5 Å². The van der Waals surface area contributed by atoms with Gasteiger partial charge in [0.2, 0.25) is 0 Å². The van der Waals surface area contributed by atoms with Gasteiger partial charge in [0.25, 0.3) is 0 Å². The summed E-state index contributed by atoms with van der Waals surface area (Å²) in [7, 11) is -3.27. The largest absolute Gasteiger partial charge is 0.384 e. The van der Waals surface area contributed by atoms with Gasteiger partial charge in [0.15, 0.2) is 9.84 Å². The second kappa shape index (κ2) is 6.08. The molecule has 0 heterocycles. The topological polar surface area (TPSA) is 46.2 Å². The molecule has 0 spiro atoms. The zero-order valence-electron chi connectivity index (χ0n) is 10.2. The first-order valence-electron chi connectivity index (χ1n) is 5.85. The first kappa shape index (κ1) is 13.9. The van der Waals surface area contributed by atoms with Crippen LogP contribution >= 0.6 is 11.6 Å². The number of rotatable bonds is 5. The maximum absolute atomic E-state index is 12.1. The van der Waals surface area contributed by atoms with Gasteiger partial charge in [0.1, 0.15) is 0 Å². The van der Waals surface area contributed by atoms with Crippen molar-refractivity contribution in [3.05, 3.63) is 59.6 Å². The number of benzene rings is 2. The van der Waals surface area contributed by atoms with Crippen molar-refractivity contribution >= 4 is 27.1 Å². The monoisotopic (exact) mass is 295 g/mol. The molecule has 1 N–H and O–H groups in total. The summed E-state index contributed by atoms with van der Waals surface area (Å²) in [5.74, 6) is 0.0452. The number of nitrogens with one attached hydrogen (secondary N) is 1. The SMILES string of the molecule is O=S(=O)(CCNc1ccccc1)c1ccc(Cl)cc1. The Hall–Kier alpha value is -1.52. The molecule has 100 valence electrons. The molecule has 0 aliphatic carbocycles. The van der Waals surface area contributed by atoms with Crippen molar-refractivity contribution in [3.8, 4) is 0 Å². The van der Waals surface area contributed by atoms with Crippen molar-refractivity contribution < 1.29 is 8.42 Å². The molecule has 0 radical (unpaired) electrons. The second-order valence-electron chi connectivity index (χ2n) is 4.07. The van der Waals surface area contributed by atoms with Gasteiger partial charge in [0, 0.05) is 17.3 Å². The van der Waals surface area contributed by atoms with E-state index in [0.29, 0.717) is 16.5 Å². The van der Waals surface area contributed by atoms with E-state index in [1.54, 1.807) is 12.1 Å². The van der Waals surface area contributed by atoms with E-state index in [9.17, 15) is 8.42 Å². The molecule has 0 fully saturated rings. The Balaban J connectivity index is 1.97. The number of hydrogen-bond acceptors (Lipinski definition) is 3. The highest BCUT2D eigenvalue weighted by atomic mass is 35.5. The van der Waals surface area contributed by atoms with Crippen LogP contribution in [-0.2, 0) is 9.84 Å².